The van der Waals surface area contributed by atoms with E-state index >= 15 is 0 Å². The Kier molecular flexibility index (Phi) is 4.23. The third kappa shape index (κ3) is 3.45. The van der Waals surface area contributed by atoms with Gasteiger partial charge < -0.3 is 10.3 Å². The zero-order valence-electron chi connectivity index (χ0n) is 10.6. The van der Waals surface area contributed by atoms with Gasteiger partial charge in [-0.3, -0.25) is 9.59 Å². The molecule has 9 heteroatoms. The summed E-state index contributed by atoms with van der Waals surface area (Å²) < 4.78 is 50.7. The highest BCUT2D eigenvalue weighted by Gasteiger charge is 2.32. The molecule has 0 atom stereocenters. The second kappa shape index (κ2) is 5.80. The quantitative estimate of drug-likeness (QED) is 0.826. The lowest BCUT2D eigenvalue weighted by Crippen LogP contribution is -2.26. The fourth-order valence-electron chi connectivity index (χ4n) is 1.60. The van der Waals surface area contributed by atoms with E-state index in [0.29, 0.717) is 12.1 Å². The first-order chi connectivity index (χ1) is 10.2. The minimum atomic E-state index is -4.74. The van der Waals surface area contributed by atoms with Crippen molar-refractivity contribution in [1.29, 1.82) is 0 Å². The first-order valence-corrected chi connectivity index (χ1v) is 6.13. The normalized spacial score (nSPS) is 11.3. The number of benzene rings is 1. The van der Waals surface area contributed by atoms with E-state index in [2.05, 4.69) is 5.32 Å². The SMILES string of the molecule is O=C(Nc1ccc(Cl)cc1F)c1ccc(C(F)(F)F)[nH]c1=O. The number of carbonyl (C=O) groups is 1. The van der Waals surface area contributed by atoms with Crippen molar-refractivity contribution < 1.29 is 22.4 Å². The van der Waals surface area contributed by atoms with Gasteiger partial charge in [0.25, 0.3) is 11.5 Å². The van der Waals surface area contributed by atoms with Crippen molar-refractivity contribution in [1.82, 2.24) is 4.98 Å². The molecule has 0 saturated heterocycles. The van der Waals surface area contributed by atoms with Gasteiger partial charge in [-0.15, -0.1) is 0 Å². The van der Waals surface area contributed by atoms with Gasteiger partial charge in [-0.25, -0.2) is 4.39 Å². The van der Waals surface area contributed by atoms with Crippen LogP contribution in [0.1, 0.15) is 16.1 Å². The predicted octanol–water partition coefficient (Wildman–Crippen LogP) is 3.44. The molecule has 0 fully saturated rings. The van der Waals surface area contributed by atoms with E-state index in [1.807, 2.05) is 0 Å². The van der Waals surface area contributed by atoms with Crippen molar-refractivity contribution in [2.45, 2.75) is 6.18 Å². The maximum atomic E-state index is 13.5. The molecule has 0 aliphatic carbocycles. The Morgan fingerprint density at radius 1 is 1.18 bits per heavy atom. The molecule has 2 aromatic rings. The van der Waals surface area contributed by atoms with E-state index in [4.69, 9.17) is 11.6 Å². The lowest BCUT2D eigenvalue weighted by Gasteiger charge is -2.08. The summed E-state index contributed by atoms with van der Waals surface area (Å²) in [5.41, 5.74) is -3.36. The molecule has 4 nitrogen and oxygen atoms in total. The maximum absolute atomic E-state index is 13.5. The molecule has 22 heavy (non-hydrogen) atoms. The van der Waals surface area contributed by atoms with Crippen molar-refractivity contribution in [3.05, 3.63) is 62.8 Å². The first kappa shape index (κ1) is 16.0. The number of alkyl halides is 3. The third-order valence-electron chi connectivity index (χ3n) is 2.64. The van der Waals surface area contributed by atoms with Crippen LogP contribution < -0.4 is 10.9 Å². The molecule has 0 aliphatic heterocycles. The van der Waals surface area contributed by atoms with E-state index in [-0.39, 0.29) is 10.7 Å². The van der Waals surface area contributed by atoms with Gasteiger partial charge in [0.1, 0.15) is 17.1 Å². The van der Waals surface area contributed by atoms with E-state index < -0.39 is 34.7 Å². The number of H-pyrrole nitrogens is 1. The van der Waals surface area contributed by atoms with Gasteiger partial charge >= 0.3 is 6.18 Å². The summed E-state index contributed by atoms with van der Waals surface area (Å²) in [5.74, 6) is -1.89. The number of amides is 1. The van der Waals surface area contributed by atoms with Crippen LogP contribution in [-0.4, -0.2) is 10.9 Å². The first-order valence-electron chi connectivity index (χ1n) is 5.75. The molecule has 1 aromatic heterocycles. The molecule has 116 valence electrons. The van der Waals surface area contributed by atoms with Gasteiger partial charge in [0.15, 0.2) is 0 Å². The largest absolute Gasteiger partial charge is 0.431 e. The molecule has 2 rings (SSSR count). The Morgan fingerprint density at radius 2 is 1.86 bits per heavy atom. The number of rotatable bonds is 2. The van der Waals surface area contributed by atoms with Gasteiger partial charge in [0.2, 0.25) is 0 Å². The minimum Gasteiger partial charge on any atom is -0.319 e. The van der Waals surface area contributed by atoms with E-state index in [9.17, 15) is 27.2 Å². The van der Waals surface area contributed by atoms with Gasteiger partial charge in [0, 0.05) is 5.02 Å². The Bertz CT molecular complexity index is 786. The van der Waals surface area contributed by atoms with Gasteiger partial charge in [-0.2, -0.15) is 13.2 Å². The van der Waals surface area contributed by atoms with Crippen LogP contribution in [0.5, 0.6) is 0 Å². The number of hydrogen-bond acceptors (Lipinski definition) is 2. The van der Waals surface area contributed by atoms with Crippen LogP contribution in [0.2, 0.25) is 5.02 Å². The molecule has 1 aromatic carbocycles. The smallest absolute Gasteiger partial charge is 0.319 e. The third-order valence-corrected chi connectivity index (χ3v) is 2.87. The molecular weight excluding hydrogens is 328 g/mol. The number of aromatic amines is 1. The fraction of sp³-hybridized carbons (Fsp3) is 0.0769. The standard InChI is InChI=1S/C13H7ClF4N2O2/c14-6-1-3-9(8(15)5-6)19-11(21)7-2-4-10(13(16,17)18)20-12(7)22/h1-5H,(H,19,21)(H,20,22). The summed E-state index contributed by atoms with van der Waals surface area (Å²) in [6, 6.07) is 4.67. The van der Waals surface area contributed by atoms with Crippen molar-refractivity contribution in [2.75, 3.05) is 5.32 Å². The number of anilines is 1. The van der Waals surface area contributed by atoms with Gasteiger partial charge in [-0.1, -0.05) is 11.6 Å². The van der Waals surface area contributed by atoms with Crippen molar-refractivity contribution in [3.63, 3.8) is 0 Å². The minimum absolute atomic E-state index is 0.0999. The predicted molar refractivity (Wildman–Crippen MR) is 71.4 cm³/mol. The Hall–Kier alpha value is -2.35. The van der Waals surface area contributed by atoms with E-state index in [1.54, 1.807) is 4.98 Å². The van der Waals surface area contributed by atoms with E-state index in [1.165, 1.54) is 6.07 Å². The van der Waals surface area contributed by atoms with Crippen LogP contribution >= 0.6 is 11.6 Å². The number of halogens is 5. The molecule has 2 N–H and O–H groups in total. The van der Waals surface area contributed by atoms with E-state index in [0.717, 1.165) is 12.1 Å². The highest BCUT2D eigenvalue weighted by Crippen LogP contribution is 2.26. The molecule has 0 radical (unpaired) electrons. The number of pyridine rings is 1. The fourth-order valence-corrected chi connectivity index (χ4v) is 1.76. The summed E-state index contributed by atoms with van der Waals surface area (Å²) >= 11 is 5.54. The lowest BCUT2D eigenvalue weighted by atomic mass is 10.2. The summed E-state index contributed by atoms with van der Waals surface area (Å²) in [6.07, 6.45) is -4.74. The van der Waals surface area contributed by atoms with Gasteiger partial charge in [0.05, 0.1) is 5.69 Å². The maximum Gasteiger partial charge on any atom is 0.431 e. The van der Waals surface area contributed by atoms with Crippen LogP contribution in [0.25, 0.3) is 0 Å². The molecule has 1 heterocycles. The molecule has 0 unspecified atom stereocenters. The summed E-state index contributed by atoms with van der Waals surface area (Å²) in [4.78, 5) is 24.9. The molecular formula is C13H7ClF4N2O2. The van der Waals surface area contributed by atoms with Gasteiger partial charge in [-0.05, 0) is 30.3 Å². The van der Waals surface area contributed by atoms with Crippen LogP contribution in [0.3, 0.4) is 0 Å². The highest BCUT2D eigenvalue weighted by atomic mass is 35.5. The number of nitrogens with one attached hydrogen (secondary N) is 2. The second-order valence-corrected chi connectivity index (χ2v) is 4.63. The van der Waals surface area contributed by atoms with Crippen molar-refractivity contribution >= 4 is 23.2 Å². The topological polar surface area (TPSA) is 62.0 Å². The molecule has 0 aliphatic rings. The number of hydrogen-bond donors (Lipinski definition) is 2. The average molecular weight is 335 g/mol. The zero-order chi connectivity index (χ0) is 16.5. The Labute approximate surface area is 125 Å². The Morgan fingerprint density at radius 3 is 2.41 bits per heavy atom. The van der Waals surface area contributed by atoms with Crippen molar-refractivity contribution in [2.24, 2.45) is 0 Å². The highest BCUT2D eigenvalue weighted by molar-refractivity contribution is 6.30. The summed E-state index contributed by atoms with van der Waals surface area (Å²) in [7, 11) is 0. The molecule has 0 spiro atoms. The molecule has 0 bridgehead atoms. The summed E-state index contributed by atoms with van der Waals surface area (Å²) in [5, 5.41) is 2.18. The Balaban J connectivity index is 2.29. The summed E-state index contributed by atoms with van der Waals surface area (Å²) in [6.45, 7) is 0. The average Bonchev–Trinajstić information content (AvgIpc) is 2.40. The molecule has 1 amide bonds. The lowest BCUT2D eigenvalue weighted by molar-refractivity contribution is -0.141. The zero-order valence-corrected chi connectivity index (χ0v) is 11.3. The number of carbonyl (C=O) groups excluding carboxylic acids is 1. The van der Waals surface area contributed by atoms with Crippen LogP contribution in [-0.2, 0) is 6.18 Å². The number of aromatic nitrogens is 1. The monoisotopic (exact) mass is 334 g/mol. The van der Waals surface area contributed by atoms with Crippen molar-refractivity contribution in [3.8, 4) is 0 Å². The van der Waals surface area contributed by atoms with Crippen LogP contribution in [0, 0.1) is 5.82 Å². The van der Waals surface area contributed by atoms with Crippen LogP contribution in [0.4, 0.5) is 23.2 Å². The van der Waals surface area contributed by atoms with Crippen LogP contribution in [0.15, 0.2) is 35.1 Å². The molecule has 0 saturated carbocycles. The second-order valence-electron chi connectivity index (χ2n) is 4.19.